The minimum absolute atomic E-state index is 0.0248. The van der Waals surface area contributed by atoms with Crippen molar-refractivity contribution in [1.29, 1.82) is 0 Å². The second-order valence-electron chi connectivity index (χ2n) is 10.1. The van der Waals surface area contributed by atoms with Crippen LogP contribution in [0.1, 0.15) is 80.0 Å². The number of aromatic nitrogens is 2. The second kappa shape index (κ2) is 8.24. The molecular formula is C24H30ClF2N3O2. The van der Waals surface area contributed by atoms with Crippen molar-refractivity contribution in [3.63, 3.8) is 0 Å². The molecule has 1 saturated heterocycles. The average molecular weight is 466 g/mol. The number of nitrogens with one attached hydrogen (secondary N) is 1. The summed E-state index contributed by atoms with van der Waals surface area (Å²) in [6.07, 6.45) is 7.18. The average Bonchev–Trinajstić information content (AvgIpc) is 3.41. The van der Waals surface area contributed by atoms with Crippen LogP contribution in [0.25, 0.3) is 5.65 Å². The number of imidazole rings is 1. The fourth-order valence-corrected chi connectivity index (χ4v) is 5.31. The van der Waals surface area contributed by atoms with Crippen molar-refractivity contribution in [3.05, 3.63) is 34.2 Å². The van der Waals surface area contributed by atoms with Gasteiger partial charge in [0.2, 0.25) is 5.92 Å². The zero-order chi connectivity index (χ0) is 22.5. The van der Waals surface area contributed by atoms with Gasteiger partial charge in [0, 0.05) is 49.4 Å². The molecule has 0 radical (unpaired) electrons. The first kappa shape index (κ1) is 22.1. The Morgan fingerprint density at radius 3 is 2.56 bits per heavy atom. The van der Waals surface area contributed by atoms with E-state index in [0.717, 1.165) is 37.1 Å². The number of alkyl halides is 2. The number of fused-ring (bicyclic) bond motifs is 1. The summed E-state index contributed by atoms with van der Waals surface area (Å²) in [4.78, 5) is 17.8. The first-order valence-corrected chi connectivity index (χ1v) is 12.1. The maximum atomic E-state index is 13.6. The number of hydrogen-bond acceptors (Lipinski definition) is 3. The van der Waals surface area contributed by atoms with Gasteiger partial charge >= 0.3 is 0 Å². The van der Waals surface area contributed by atoms with Crippen molar-refractivity contribution in [2.45, 2.75) is 82.1 Å². The summed E-state index contributed by atoms with van der Waals surface area (Å²) in [5.41, 5.74) is 3.25. The minimum Gasteiger partial charge on any atom is -0.381 e. The van der Waals surface area contributed by atoms with Gasteiger partial charge in [-0.05, 0) is 56.9 Å². The number of nitrogens with zero attached hydrogens (tertiary/aromatic N) is 2. The maximum Gasteiger partial charge on any atom is 0.253 e. The minimum atomic E-state index is -2.53. The Kier molecular flexibility index (Phi) is 5.69. The lowest BCUT2D eigenvalue weighted by Crippen LogP contribution is -2.39. The monoisotopic (exact) mass is 465 g/mol. The zero-order valence-electron chi connectivity index (χ0n) is 18.4. The number of amides is 1. The highest BCUT2D eigenvalue weighted by Crippen LogP contribution is 2.49. The normalized spacial score (nSPS) is 23.4. The molecule has 2 aliphatic carbocycles. The molecule has 2 aromatic rings. The molecule has 8 heteroatoms. The van der Waals surface area contributed by atoms with Crippen LogP contribution in [0, 0.1) is 5.92 Å². The Morgan fingerprint density at radius 1 is 1.22 bits per heavy atom. The summed E-state index contributed by atoms with van der Waals surface area (Å²) in [7, 11) is 0. The van der Waals surface area contributed by atoms with E-state index in [0.29, 0.717) is 48.7 Å². The summed E-state index contributed by atoms with van der Waals surface area (Å²) in [6.45, 7) is 3.50. The zero-order valence-corrected chi connectivity index (χ0v) is 19.2. The number of rotatable bonds is 5. The van der Waals surface area contributed by atoms with Gasteiger partial charge < -0.3 is 14.5 Å². The van der Waals surface area contributed by atoms with Crippen LogP contribution in [0.3, 0.4) is 0 Å². The number of pyridine rings is 1. The summed E-state index contributed by atoms with van der Waals surface area (Å²) >= 11 is 6.57. The SMILES string of the molecule is CC1(c2nc3cc(C(=O)NC4CCOCC4)c(Cl)cn3c2CC2CCC(F)(F)CC2)CC1. The molecule has 3 heterocycles. The van der Waals surface area contributed by atoms with Gasteiger partial charge in [0.25, 0.3) is 5.91 Å². The number of ether oxygens (including phenoxy) is 1. The van der Waals surface area contributed by atoms with E-state index < -0.39 is 5.92 Å². The largest absolute Gasteiger partial charge is 0.381 e. The molecule has 0 atom stereocenters. The molecular weight excluding hydrogens is 436 g/mol. The third kappa shape index (κ3) is 4.38. The Morgan fingerprint density at radius 2 is 1.91 bits per heavy atom. The Bertz CT molecular complexity index is 1020. The number of carbonyl (C=O) groups is 1. The van der Waals surface area contributed by atoms with Gasteiger partial charge in [-0.2, -0.15) is 0 Å². The van der Waals surface area contributed by atoms with E-state index >= 15 is 0 Å². The standard InChI is InChI=1S/C24H30ClF2N3O2/c1-23(8-9-23)21-19(12-15-2-6-24(26,27)7-3-15)30-14-18(25)17(13-20(30)29-21)22(31)28-16-4-10-32-11-5-16/h13-16H,2-12H2,1H3,(H,28,31). The lowest BCUT2D eigenvalue weighted by atomic mass is 9.83. The molecule has 2 aromatic heterocycles. The van der Waals surface area contributed by atoms with E-state index in [1.807, 2.05) is 4.40 Å². The fraction of sp³-hybridized carbons (Fsp3) is 0.667. The lowest BCUT2D eigenvalue weighted by molar-refractivity contribution is -0.0457. The van der Waals surface area contributed by atoms with Crippen LogP contribution in [0.5, 0.6) is 0 Å². The molecule has 0 aromatic carbocycles. The molecule has 0 unspecified atom stereocenters. The molecule has 0 spiro atoms. The van der Waals surface area contributed by atoms with Crippen LogP contribution in [0.4, 0.5) is 8.78 Å². The topological polar surface area (TPSA) is 55.6 Å². The molecule has 1 N–H and O–H groups in total. The van der Waals surface area contributed by atoms with Crippen LogP contribution in [-0.2, 0) is 16.6 Å². The van der Waals surface area contributed by atoms with Crippen LogP contribution in [0.15, 0.2) is 12.3 Å². The van der Waals surface area contributed by atoms with Crippen LogP contribution in [-0.4, -0.2) is 40.5 Å². The summed E-state index contributed by atoms with van der Waals surface area (Å²) < 4.78 is 34.6. The smallest absolute Gasteiger partial charge is 0.253 e. The van der Waals surface area contributed by atoms with Crippen molar-refractivity contribution >= 4 is 23.2 Å². The predicted molar refractivity (Wildman–Crippen MR) is 119 cm³/mol. The van der Waals surface area contributed by atoms with Crippen molar-refractivity contribution in [2.75, 3.05) is 13.2 Å². The Labute approximate surface area is 191 Å². The van der Waals surface area contributed by atoms with E-state index in [1.165, 1.54) is 0 Å². The Hall–Kier alpha value is -1.73. The van der Waals surface area contributed by atoms with Crippen LogP contribution >= 0.6 is 11.6 Å². The van der Waals surface area contributed by atoms with Gasteiger partial charge in [-0.15, -0.1) is 0 Å². The third-order valence-corrected chi connectivity index (χ3v) is 7.80. The van der Waals surface area contributed by atoms with E-state index in [2.05, 4.69) is 12.2 Å². The number of carbonyl (C=O) groups excluding carboxylic acids is 1. The fourth-order valence-electron chi connectivity index (χ4n) is 5.07. The molecule has 32 heavy (non-hydrogen) atoms. The highest BCUT2D eigenvalue weighted by Gasteiger charge is 2.44. The van der Waals surface area contributed by atoms with Crippen molar-refractivity contribution in [2.24, 2.45) is 5.92 Å². The Balaban J connectivity index is 1.44. The van der Waals surface area contributed by atoms with Crippen LogP contribution in [0.2, 0.25) is 5.02 Å². The van der Waals surface area contributed by atoms with E-state index in [4.69, 9.17) is 21.3 Å². The quantitative estimate of drug-likeness (QED) is 0.650. The molecule has 3 aliphatic rings. The molecule has 5 nitrogen and oxygen atoms in total. The molecule has 0 bridgehead atoms. The second-order valence-corrected chi connectivity index (χ2v) is 10.5. The molecule has 1 amide bonds. The van der Waals surface area contributed by atoms with Gasteiger partial charge in [-0.3, -0.25) is 4.79 Å². The number of hydrogen-bond donors (Lipinski definition) is 1. The first-order valence-electron chi connectivity index (χ1n) is 11.7. The van der Waals surface area contributed by atoms with Crippen molar-refractivity contribution in [3.8, 4) is 0 Å². The van der Waals surface area contributed by atoms with Crippen LogP contribution < -0.4 is 5.32 Å². The molecule has 174 valence electrons. The van der Waals surface area contributed by atoms with Gasteiger partial charge in [-0.1, -0.05) is 18.5 Å². The van der Waals surface area contributed by atoms with Gasteiger partial charge in [0.15, 0.2) is 0 Å². The van der Waals surface area contributed by atoms with E-state index in [1.54, 1.807) is 12.3 Å². The molecule has 3 fully saturated rings. The lowest BCUT2D eigenvalue weighted by Gasteiger charge is -2.28. The van der Waals surface area contributed by atoms with Gasteiger partial charge in [0.1, 0.15) is 5.65 Å². The van der Waals surface area contributed by atoms with Crippen molar-refractivity contribution < 1.29 is 18.3 Å². The van der Waals surface area contributed by atoms with E-state index in [-0.39, 0.29) is 36.1 Å². The first-order chi connectivity index (χ1) is 15.2. The van der Waals surface area contributed by atoms with Gasteiger partial charge in [-0.25, -0.2) is 13.8 Å². The maximum absolute atomic E-state index is 13.6. The van der Waals surface area contributed by atoms with Gasteiger partial charge in [0.05, 0.1) is 16.3 Å². The summed E-state index contributed by atoms with van der Waals surface area (Å²) in [5, 5.41) is 3.44. The van der Waals surface area contributed by atoms with E-state index in [9.17, 15) is 13.6 Å². The molecule has 2 saturated carbocycles. The summed E-state index contributed by atoms with van der Waals surface area (Å²) in [5.74, 6) is -2.51. The highest BCUT2D eigenvalue weighted by molar-refractivity contribution is 6.33. The summed E-state index contributed by atoms with van der Waals surface area (Å²) in [6, 6.07) is 1.86. The highest BCUT2D eigenvalue weighted by atomic mass is 35.5. The number of halogens is 3. The van der Waals surface area contributed by atoms with Crippen molar-refractivity contribution in [1.82, 2.24) is 14.7 Å². The third-order valence-electron chi connectivity index (χ3n) is 7.50. The predicted octanol–water partition coefficient (Wildman–Crippen LogP) is 5.32. The molecule has 1 aliphatic heterocycles. The molecule has 5 rings (SSSR count).